The van der Waals surface area contributed by atoms with Crippen molar-refractivity contribution in [2.24, 2.45) is 0 Å². The number of aromatic nitrogens is 4. The first kappa shape index (κ1) is 19.8. The van der Waals surface area contributed by atoms with E-state index in [-0.39, 0.29) is 1.43 Å². The number of hydrogen-bond donors (Lipinski definition) is 1. The van der Waals surface area contributed by atoms with Crippen LogP contribution in [0.2, 0.25) is 0 Å². The fourth-order valence-corrected chi connectivity index (χ4v) is 3.88. The van der Waals surface area contributed by atoms with E-state index in [1.54, 1.807) is 0 Å². The molecule has 0 spiro atoms. The smallest absolute Gasteiger partial charge is 0.248 e. The fourth-order valence-electron chi connectivity index (χ4n) is 3.88. The van der Waals surface area contributed by atoms with Crippen molar-refractivity contribution >= 4 is 17.6 Å². The van der Waals surface area contributed by atoms with Crippen LogP contribution in [-0.4, -0.2) is 70.1 Å². The second-order valence-electron chi connectivity index (χ2n) is 7.83. The molecule has 0 unspecified atom stereocenters. The van der Waals surface area contributed by atoms with Crippen LogP contribution >= 0.6 is 0 Å². The summed E-state index contributed by atoms with van der Waals surface area (Å²) >= 11 is 0. The van der Waals surface area contributed by atoms with Crippen molar-refractivity contribution in [1.29, 1.82) is 0 Å². The number of nitrogens with zero attached hydrogens (tertiary/aromatic N) is 6. The Kier molecular flexibility index (Phi) is 5.24. The minimum absolute atomic E-state index is 0. The summed E-state index contributed by atoms with van der Waals surface area (Å²) in [6.07, 6.45) is 1.44. The highest BCUT2D eigenvalue weighted by atomic mass is 19.2. The summed E-state index contributed by atoms with van der Waals surface area (Å²) in [6.45, 7) is 7.48. The molecule has 1 N–H and O–H groups in total. The molecular weight excluding hydrogens is 404 g/mol. The summed E-state index contributed by atoms with van der Waals surface area (Å²) in [6, 6.07) is 8.09. The Bertz CT molecular complexity index is 1080. The second-order valence-corrected chi connectivity index (χ2v) is 7.83. The molecule has 2 saturated heterocycles. The molecule has 0 saturated carbocycles. The Balaban J connectivity index is 0.00000245. The number of rotatable bonds is 5. The molecular formula is C21H25F2N7O. The predicted molar refractivity (Wildman–Crippen MR) is 114 cm³/mol. The molecule has 2 aliphatic heterocycles. The van der Waals surface area contributed by atoms with Crippen molar-refractivity contribution in [3.8, 4) is 5.69 Å². The molecule has 1 aromatic carbocycles. The van der Waals surface area contributed by atoms with E-state index >= 15 is 0 Å². The molecule has 8 nitrogen and oxygen atoms in total. The third-order valence-corrected chi connectivity index (χ3v) is 5.60. The average Bonchev–Trinajstić information content (AvgIpc) is 3.18. The predicted octanol–water partition coefficient (Wildman–Crippen LogP) is 2.76. The average molecular weight is 429 g/mol. The number of aryl methyl sites for hydroxylation is 1. The van der Waals surface area contributed by atoms with Gasteiger partial charge in [0.05, 0.1) is 18.9 Å². The molecule has 2 aliphatic rings. The van der Waals surface area contributed by atoms with Gasteiger partial charge in [0.15, 0.2) is 11.6 Å². The standard InChI is InChI=1S/C21H23F2N7O.H2/c1-14-8-19(25-20(9-14)29-11-16(12-29)28-4-6-31-7-5-28)26-21-24-13-30(27-21)15-2-3-17(22)18(23)10-15;/h2-3,8-10,13,16H,4-7,11-12H2,1H3,(H,25,26,27);1H. The summed E-state index contributed by atoms with van der Waals surface area (Å²) in [5, 5.41) is 7.39. The molecule has 31 heavy (non-hydrogen) atoms. The lowest BCUT2D eigenvalue weighted by Crippen LogP contribution is -2.61. The summed E-state index contributed by atoms with van der Waals surface area (Å²) in [5.41, 5.74) is 1.45. The number of morpholine rings is 1. The normalized spacial score (nSPS) is 17.6. The number of benzene rings is 1. The van der Waals surface area contributed by atoms with Gasteiger partial charge in [0.1, 0.15) is 18.0 Å². The van der Waals surface area contributed by atoms with E-state index in [4.69, 9.17) is 9.72 Å². The van der Waals surface area contributed by atoms with E-state index < -0.39 is 11.6 Å². The first-order chi connectivity index (χ1) is 15.0. The van der Waals surface area contributed by atoms with Gasteiger partial charge in [0.25, 0.3) is 0 Å². The van der Waals surface area contributed by atoms with Gasteiger partial charge >= 0.3 is 0 Å². The maximum absolute atomic E-state index is 13.5. The largest absolute Gasteiger partial charge is 0.379 e. The van der Waals surface area contributed by atoms with Gasteiger partial charge < -0.3 is 15.0 Å². The van der Waals surface area contributed by atoms with Crippen molar-refractivity contribution in [3.05, 3.63) is 53.9 Å². The van der Waals surface area contributed by atoms with Crippen LogP contribution in [0.3, 0.4) is 0 Å². The Morgan fingerprint density at radius 2 is 1.90 bits per heavy atom. The molecule has 0 atom stereocenters. The molecule has 10 heteroatoms. The van der Waals surface area contributed by atoms with E-state index in [0.717, 1.165) is 62.9 Å². The molecule has 2 fully saturated rings. The van der Waals surface area contributed by atoms with Gasteiger partial charge in [0, 0.05) is 39.7 Å². The van der Waals surface area contributed by atoms with Gasteiger partial charge in [-0.15, -0.1) is 5.10 Å². The van der Waals surface area contributed by atoms with Crippen molar-refractivity contribution in [2.75, 3.05) is 49.6 Å². The molecule has 4 heterocycles. The number of halogens is 2. The molecule has 0 bridgehead atoms. The van der Waals surface area contributed by atoms with Crippen LogP contribution in [0.4, 0.5) is 26.4 Å². The van der Waals surface area contributed by atoms with Crippen LogP contribution in [0, 0.1) is 18.6 Å². The van der Waals surface area contributed by atoms with Gasteiger partial charge in [-0.25, -0.2) is 18.4 Å². The lowest BCUT2D eigenvalue weighted by atomic mass is 10.1. The maximum Gasteiger partial charge on any atom is 0.248 e. The minimum atomic E-state index is -0.933. The summed E-state index contributed by atoms with van der Waals surface area (Å²) in [5.74, 6) is 0.0292. The van der Waals surface area contributed by atoms with Crippen LogP contribution < -0.4 is 10.2 Å². The number of anilines is 3. The van der Waals surface area contributed by atoms with E-state index in [1.165, 1.54) is 17.1 Å². The van der Waals surface area contributed by atoms with Crippen LogP contribution in [0.15, 0.2) is 36.7 Å². The fraction of sp³-hybridized carbons (Fsp3) is 0.381. The van der Waals surface area contributed by atoms with E-state index in [9.17, 15) is 8.78 Å². The summed E-state index contributed by atoms with van der Waals surface area (Å²) in [4.78, 5) is 13.6. The molecule has 0 radical (unpaired) electrons. The number of nitrogens with one attached hydrogen (secondary N) is 1. The monoisotopic (exact) mass is 429 g/mol. The van der Waals surface area contributed by atoms with E-state index in [0.29, 0.717) is 23.5 Å². The topological polar surface area (TPSA) is 71.3 Å². The quantitative estimate of drug-likeness (QED) is 0.669. The maximum atomic E-state index is 13.5. The van der Waals surface area contributed by atoms with Crippen LogP contribution in [0.1, 0.15) is 6.99 Å². The highest BCUT2D eigenvalue weighted by molar-refractivity contribution is 5.56. The summed E-state index contributed by atoms with van der Waals surface area (Å²) in [7, 11) is 0. The first-order valence-corrected chi connectivity index (χ1v) is 10.2. The Morgan fingerprint density at radius 1 is 1.10 bits per heavy atom. The van der Waals surface area contributed by atoms with Crippen molar-refractivity contribution in [3.63, 3.8) is 0 Å². The number of ether oxygens (including phenoxy) is 1. The number of pyridine rings is 1. The third kappa shape index (κ3) is 4.21. The highest BCUT2D eigenvalue weighted by Gasteiger charge is 2.33. The molecule has 2 aromatic heterocycles. The van der Waals surface area contributed by atoms with Crippen LogP contribution in [-0.2, 0) is 4.74 Å². The van der Waals surface area contributed by atoms with E-state index in [2.05, 4.69) is 31.3 Å². The van der Waals surface area contributed by atoms with Gasteiger partial charge in [-0.3, -0.25) is 4.90 Å². The Hall–Kier alpha value is -3.11. The number of hydrogen-bond acceptors (Lipinski definition) is 7. The summed E-state index contributed by atoms with van der Waals surface area (Å²) < 4.78 is 33.5. The zero-order valence-electron chi connectivity index (χ0n) is 17.1. The molecule has 0 amide bonds. The van der Waals surface area contributed by atoms with Gasteiger partial charge in [-0.2, -0.15) is 4.98 Å². The lowest BCUT2D eigenvalue weighted by molar-refractivity contribution is 0.0104. The highest BCUT2D eigenvalue weighted by Crippen LogP contribution is 2.26. The molecule has 5 rings (SSSR count). The van der Waals surface area contributed by atoms with Crippen molar-refractivity contribution in [2.45, 2.75) is 13.0 Å². The lowest BCUT2D eigenvalue weighted by Gasteiger charge is -2.47. The molecule has 0 aliphatic carbocycles. The SMILES string of the molecule is Cc1cc(Nc2ncn(-c3ccc(F)c(F)c3)n2)nc(N2CC(N3CCOCC3)C2)c1.[HH]. The zero-order chi connectivity index (χ0) is 21.4. The van der Waals surface area contributed by atoms with Gasteiger partial charge in [-0.05, 0) is 36.8 Å². The Labute approximate surface area is 179 Å². The Morgan fingerprint density at radius 3 is 2.68 bits per heavy atom. The van der Waals surface area contributed by atoms with Crippen LogP contribution in [0.5, 0.6) is 0 Å². The van der Waals surface area contributed by atoms with Gasteiger partial charge in [0.2, 0.25) is 5.95 Å². The second kappa shape index (κ2) is 8.20. The first-order valence-electron chi connectivity index (χ1n) is 10.2. The van der Waals surface area contributed by atoms with Gasteiger partial charge in [-0.1, -0.05) is 0 Å². The van der Waals surface area contributed by atoms with Crippen molar-refractivity contribution < 1.29 is 14.9 Å². The molecule has 164 valence electrons. The third-order valence-electron chi connectivity index (χ3n) is 5.60. The van der Waals surface area contributed by atoms with Crippen LogP contribution in [0.25, 0.3) is 5.69 Å². The van der Waals surface area contributed by atoms with Crippen molar-refractivity contribution in [1.82, 2.24) is 24.6 Å². The molecule has 3 aromatic rings. The minimum Gasteiger partial charge on any atom is -0.379 e. The van der Waals surface area contributed by atoms with E-state index in [1.807, 2.05) is 13.0 Å². The zero-order valence-corrected chi connectivity index (χ0v) is 17.1.